The number of hydrogen-bond donors (Lipinski definition) is 1. The van der Waals surface area contributed by atoms with E-state index in [4.69, 9.17) is 0 Å². The van der Waals surface area contributed by atoms with Crippen LogP contribution in [0.4, 0.5) is 10.5 Å². The van der Waals surface area contributed by atoms with Crippen LogP contribution in [0, 0.1) is 0 Å². The first kappa shape index (κ1) is 16.4. The molecule has 0 radical (unpaired) electrons. The number of likely N-dealkylation sites (tertiary alicyclic amines) is 1. The summed E-state index contributed by atoms with van der Waals surface area (Å²) in [6.45, 7) is 3.73. The highest BCUT2D eigenvalue weighted by Crippen LogP contribution is 2.19. The second-order valence-electron chi connectivity index (χ2n) is 6.18. The minimum atomic E-state index is 0.0246. The van der Waals surface area contributed by atoms with Crippen molar-refractivity contribution in [1.82, 2.24) is 9.80 Å². The minimum absolute atomic E-state index is 0.0246. The number of aryl methyl sites for hydroxylation is 1. The highest BCUT2D eigenvalue weighted by atomic mass is 32.2. The van der Waals surface area contributed by atoms with Gasteiger partial charge in [0.1, 0.15) is 0 Å². The standard InChI is InChI=1S/C18H25N3OS/c1-23-13-9-15-4-6-16(7-5-15)19-18(22)21-12-8-17(14-21)20-10-2-3-11-20/h2-7,17H,8-14H2,1H3,(H,19,22)/t17-/m0/s1. The van der Waals surface area contributed by atoms with Crippen molar-refractivity contribution in [3.8, 4) is 0 Å². The van der Waals surface area contributed by atoms with Crippen molar-refractivity contribution in [1.29, 1.82) is 0 Å². The molecule has 1 aromatic rings. The lowest BCUT2D eigenvalue weighted by molar-refractivity contribution is 0.212. The average molecular weight is 331 g/mol. The molecule has 1 atom stereocenters. The summed E-state index contributed by atoms with van der Waals surface area (Å²) < 4.78 is 0. The van der Waals surface area contributed by atoms with Crippen LogP contribution in [0.3, 0.4) is 0 Å². The molecule has 0 bridgehead atoms. The van der Waals surface area contributed by atoms with E-state index in [1.54, 1.807) is 0 Å². The van der Waals surface area contributed by atoms with E-state index in [2.05, 4.69) is 40.8 Å². The summed E-state index contributed by atoms with van der Waals surface area (Å²) >= 11 is 1.85. The number of hydrogen-bond acceptors (Lipinski definition) is 3. The first-order valence-corrected chi connectivity index (χ1v) is 9.68. The lowest BCUT2D eigenvalue weighted by Crippen LogP contribution is -2.38. The fourth-order valence-corrected chi connectivity index (χ4v) is 3.63. The van der Waals surface area contributed by atoms with Gasteiger partial charge in [-0.05, 0) is 42.5 Å². The smallest absolute Gasteiger partial charge is 0.321 e. The van der Waals surface area contributed by atoms with Crippen LogP contribution < -0.4 is 5.32 Å². The topological polar surface area (TPSA) is 35.6 Å². The quantitative estimate of drug-likeness (QED) is 0.842. The molecule has 2 aliphatic rings. The molecule has 1 aromatic carbocycles. The van der Waals surface area contributed by atoms with Gasteiger partial charge in [0.2, 0.25) is 0 Å². The maximum atomic E-state index is 12.4. The lowest BCUT2D eigenvalue weighted by Gasteiger charge is -2.23. The van der Waals surface area contributed by atoms with Crippen molar-refractivity contribution in [2.45, 2.75) is 18.9 Å². The van der Waals surface area contributed by atoms with E-state index >= 15 is 0 Å². The van der Waals surface area contributed by atoms with Gasteiger partial charge in [-0.1, -0.05) is 24.3 Å². The maximum absolute atomic E-state index is 12.4. The number of rotatable bonds is 5. The zero-order valence-corrected chi connectivity index (χ0v) is 14.5. The fraction of sp³-hybridized carbons (Fsp3) is 0.500. The van der Waals surface area contributed by atoms with Gasteiger partial charge in [-0.25, -0.2) is 4.79 Å². The second kappa shape index (κ2) is 7.88. The van der Waals surface area contributed by atoms with Crippen molar-refractivity contribution >= 4 is 23.5 Å². The molecule has 3 rings (SSSR count). The van der Waals surface area contributed by atoms with E-state index < -0.39 is 0 Å². The molecule has 2 amide bonds. The van der Waals surface area contributed by atoms with Crippen molar-refractivity contribution in [3.63, 3.8) is 0 Å². The Hall–Kier alpha value is -1.46. The van der Waals surface area contributed by atoms with Crippen molar-refractivity contribution in [2.24, 2.45) is 0 Å². The Morgan fingerprint density at radius 2 is 2.00 bits per heavy atom. The third-order valence-electron chi connectivity index (χ3n) is 4.61. The average Bonchev–Trinajstić information content (AvgIpc) is 3.25. The SMILES string of the molecule is CSCCc1ccc(NC(=O)N2CC[C@H](N3CC=CC3)C2)cc1. The van der Waals surface area contributed by atoms with Gasteiger partial charge < -0.3 is 10.2 Å². The van der Waals surface area contributed by atoms with Gasteiger partial charge in [0.25, 0.3) is 0 Å². The summed E-state index contributed by atoms with van der Waals surface area (Å²) in [5.74, 6) is 1.13. The van der Waals surface area contributed by atoms with E-state index in [-0.39, 0.29) is 6.03 Å². The summed E-state index contributed by atoms with van der Waals surface area (Å²) in [4.78, 5) is 16.8. The Kier molecular flexibility index (Phi) is 5.62. The Morgan fingerprint density at radius 1 is 1.26 bits per heavy atom. The zero-order valence-electron chi connectivity index (χ0n) is 13.7. The molecule has 1 N–H and O–H groups in total. The predicted octanol–water partition coefficient (Wildman–Crippen LogP) is 3.07. The van der Waals surface area contributed by atoms with Crippen LogP contribution in [0.5, 0.6) is 0 Å². The summed E-state index contributed by atoms with van der Waals surface area (Å²) in [6, 6.07) is 8.75. The van der Waals surface area contributed by atoms with Crippen molar-refractivity contribution in [3.05, 3.63) is 42.0 Å². The summed E-state index contributed by atoms with van der Waals surface area (Å²) in [5.41, 5.74) is 2.20. The van der Waals surface area contributed by atoms with Gasteiger partial charge in [-0.2, -0.15) is 11.8 Å². The van der Waals surface area contributed by atoms with E-state index in [0.29, 0.717) is 6.04 Å². The first-order valence-electron chi connectivity index (χ1n) is 8.29. The molecule has 0 spiro atoms. The summed E-state index contributed by atoms with van der Waals surface area (Å²) in [7, 11) is 0. The maximum Gasteiger partial charge on any atom is 0.321 e. The fourth-order valence-electron chi connectivity index (χ4n) is 3.19. The van der Waals surface area contributed by atoms with Gasteiger partial charge in [-0.3, -0.25) is 4.90 Å². The van der Waals surface area contributed by atoms with Gasteiger partial charge in [0, 0.05) is 37.9 Å². The van der Waals surface area contributed by atoms with Gasteiger partial charge in [0.15, 0.2) is 0 Å². The van der Waals surface area contributed by atoms with E-state index in [1.807, 2.05) is 28.8 Å². The van der Waals surface area contributed by atoms with Crippen molar-refractivity contribution < 1.29 is 4.79 Å². The molecule has 0 unspecified atom stereocenters. The number of nitrogens with zero attached hydrogens (tertiary/aromatic N) is 2. The minimum Gasteiger partial charge on any atom is -0.323 e. The van der Waals surface area contributed by atoms with Crippen LogP contribution in [0.15, 0.2) is 36.4 Å². The molecule has 2 aliphatic heterocycles. The lowest BCUT2D eigenvalue weighted by atomic mass is 10.1. The van der Waals surface area contributed by atoms with Crippen LogP contribution in [0.1, 0.15) is 12.0 Å². The molecule has 0 saturated carbocycles. The van der Waals surface area contributed by atoms with Crippen LogP contribution >= 0.6 is 11.8 Å². The molecule has 4 nitrogen and oxygen atoms in total. The highest BCUT2D eigenvalue weighted by Gasteiger charge is 2.30. The van der Waals surface area contributed by atoms with Crippen LogP contribution in [-0.2, 0) is 6.42 Å². The molecular formula is C18H25N3OS. The molecule has 1 saturated heterocycles. The number of amides is 2. The Bertz CT molecular complexity index is 550. The number of nitrogens with one attached hydrogen (secondary N) is 1. The molecule has 2 heterocycles. The molecule has 0 aromatic heterocycles. The molecule has 23 heavy (non-hydrogen) atoms. The van der Waals surface area contributed by atoms with Crippen LogP contribution in [-0.4, -0.2) is 60.1 Å². The highest BCUT2D eigenvalue weighted by molar-refractivity contribution is 7.98. The number of carbonyl (C=O) groups excluding carboxylic acids is 1. The molecule has 1 fully saturated rings. The normalized spacial score (nSPS) is 21.1. The Balaban J connectivity index is 1.49. The van der Waals surface area contributed by atoms with Crippen LogP contribution in [0.25, 0.3) is 0 Å². The molecular weight excluding hydrogens is 306 g/mol. The van der Waals surface area contributed by atoms with E-state index in [9.17, 15) is 4.79 Å². The van der Waals surface area contributed by atoms with Gasteiger partial charge >= 0.3 is 6.03 Å². The second-order valence-corrected chi connectivity index (χ2v) is 7.17. The van der Waals surface area contributed by atoms with Crippen molar-refractivity contribution in [2.75, 3.05) is 43.5 Å². The number of thioether (sulfide) groups is 1. The van der Waals surface area contributed by atoms with E-state index in [0.717, 1.165) is 50.5 Å². The van der Waals surface area contributed by atoms with Gasteiger partial charge in [-0.15, -0.1) is 0 Å². The Morgan fingerprint density at radius 3 is 2.70 bits per heavy atom. The zero-order chi connectivity index (χ0) is 16.1. The van der Waals surface area contributed by atoms with E-state index in [1.165, 1.54) is 5.56 Å². The molecule has 5 heteroatoms. The first-order chi connectivity index (χ1) is 11.3. The Labute approximate surface area is 142 Å². The number of carbonyl (C=O) groups is 1. The molecule has 0 aliphatic carbocycles. The largest absolute Gasteiger partial charge is 0.323 e. The van der Waals surface area contributed by atoms with Gasteiger partial charge in [0.05, 0.1) is 0 Å². The summed E-state index contributed by atoms with van der Waals surface area (Å²) in [5, 5.41) is 3.03. The summed E-state index contributed by atoms with van der Waals surface area (Å²) in [6.07, 6.45) is 8.69. The molecule has 124 valence electrons. The number of urea groups is 1. The monoisotopic (exact) mass is 331 g/mol. The predicted molar refractivity (Wildman–Crippen MR) is 98.2 cm³/mol. The third-order valence-corrected chi connectivity index (χ3v) is 5.23. The third kappa shape index (κ3) is 4.30. The number of benzene rings is 1. The van der Waals surface area contributed by atoms with Crippen LogP contribution in [0.2, 0.25) is 0 Å². The number of anilines is 1.